The van der Waals surface area contributed by atoms with Gasteiger partial charge >= 0.3 is 0 Å². The van der Waals surface area contributed by atoms with Crippen molar-refractivity contribution in [1.29, 1.82) is 0 Å². The topological polar surface area (TPSA) is 65.7 Å². The molecule has 4 rings (SSSR count). The monoisotopic (exact) mass is 402 g/mol. The van der Waals surface area contributed by atoms with Crippen molar-refractivity contribution in [2.24, 2.45) is 0 Å². The Bertz CT molecular complexity index is 1150. The molecule has 0 aliphatic heterocycles. The van der Waals surface area contributed by atoms with Crippen molar-refractivity contribution in [2.45, 2.75) is 0 Å². The van der Waals surface area contributed by atoms with Crippen LogP contribution in [-0.2, 0) is 0 Å². The fourth-order valence-corrected chi connectivity index (χ4v) is 3.36. The molecule has 0 saturated heterocycles. The number of methoxy groups -OCH3 is 3. The number of nitrogens with zero attached hydrogens (tertiary/aromatic N) is 2. The largest absolute Gasteiger partial charge is 0.504 e. The maximum Gasteiger partial charge on any atom is 0.203 e. The molecule has 0 radical (unpaired) electrons. The highest BCUT2D eigenvalue weighted by atomic mass is 16.5. The van der Waals surface area contributed by atoms with E-state index in [4.69, 9.17) is 19.3 Å². The number of phenols is 1. The first-order valence-electron chi connectivity index (χ1n) is 9.40. The summed E-state index contributed by atoms with van der Waals surface area (Å²) in [7, 11) is 4.66. The maximum absolute atomic E-state index is 10.9. The Morgan fingerprint density at radius 3 is 2.17 bits per heavy atom. The molecule has 3 aromatic carbocycles. The van der Waals surface area contributed by atoms with Crippen LogP contribution in [0.4, 0.5) is 0 Å². The number of hydrogen-bond acceptors (Lipinski definition) is 5. The van der Waals surface area contributed by atoms with Crippen molar-refractivity contribution in [2.75, 3.05) is 21.3 Å². The van der Waals surface area contributed by atoms with E-state index in [-0.39, 0.29) is 11.5 Å². The van der Waals surface area contributed by atoms with E-state index in [0.29, 0.717) is 11.3 Å². The van der Waals surface area contributed by atoms with Crippen LogP contribution in [0.25, 0.3) is 28.2 Å². The maximum atomic E-state index is 10.9. The van der Waals surface area contributed by atoms with Gasteiger partial charge in [-0.05, 0) is 42.5 Å². The van der Waals surface area contributed by atoms with Gasteiger partial charge in [0, 0.05) is 11.1 Å². The van der Waals surface area contributed by atoms with Crippen LogP contribution >= 0.6 is 0 Å². The van der Waals surface area contributed by atoms with Crippen molar-refractivity contribution in [1.82, 2.24) is 9.78 Å². The number of aromatic hydroxyl groups is 1. The number of aromatic nitrogens is 2. The lowest BCUT2D eigenvalue weighted by atomic mass is 10.1. The highest BCUT2D eigenvalue weighted by molar-refractivity contribution is 5.78. The lowest BCUT2D eigenvalue weighted by Gasteiger charge is -2.14. The summed E-state index contributed by atoms with van der Waals surface area (Å²) in [5.74, 6) is 1.48. The van der Waals surface area contributed by atoms with E-state index >= 15 is 0 Å². The molecule has 152 valence electrons. The molecule has 0 aliphatic carbocycles. The Kier molecular flexibility index (Phi) is 5.30. The van der Waals surface area contributed by atoms with Gasteiger partial charge in [-0.15, -0.1) is 0 Å². The second kappa shape index (κ2) is 8.21. The average molecular weight is 402 g/mol. The average Bonchev–Trinajstić information content (AvgIpc) is 3.24. The van der Waals surface area contributed by atoms with Crippen LogP contribution in [0.2, 0.25) is 0 Å². The van der Waals surface area contributed by atoms with Crippen LogP contribution in [0.1, 0.15) is 0 Å². The highest BCUT2D eigenvalue weighted by Gasteiger charge is 2.20. The molecule has 0 spiro atoms. The smallest absolute Gasteiger partial charge is 0.203 e. The second-order valence-corrected chi connectivity index (χ2v) is 6.59. The van der Waals surface area contributed by atoms with Crippen LogP contribution in [0.5, 0.6) is 23.0 Å². The van der Waals surface area contributed by atoms with Gasteiger partial charge in [-0.2, -0.15) is 5.10 Å². The summed E-state index contributed by atoms with van der Waals surface area (Å²) >= 11 is 0. The molecule has 4 aromatic rings. The molecule has 0 aliphatic rings. The summed E-state index contributed by atoms with van der Waals surface area (Å²) in [6, 6.07) is 23.0. The van der Waals surface area contributed by atoms with E-state index in [0.717, 1.165) is 28.4 Å². The molecule has 6 nitrogen and oxygen atoms in total. The van der Waals surface area contributed by atoms with E-state index in [1.807, 2.05) is 60.7 Å². The summed E-state index contributed by atoms with van der Waals surface area (Å²) in [4.78, 5) is 0. The zero-order valence-electron chi connectivity index (χ0n) is 17.0. The first-order valence-corrected chi connectivity index (χ1v) is 9.40. The molecular weight excluding hydrogens is 380 g/mol. The molecule has 0 fully saturated rings. The Labute approximate surface area is 174 Å². The Hall–Kier alpha value is -3.93. The van der Waals surface area contributed by atoms with Crippen LogP contribution in [-0.4, -0.2) is 36.2 Å². The Balaban J connectivity index is 1.93. The third-order valence-electron chi connectivity index (χ3n) is 4.89. The summed E-state index contributed by atoms with van der Waals surface area (Å²) in [6.45, 7) is 0. The number of hydrogen-bond donors (Lipinski definition) is 1. The van der Waals surface area contributed by atoms with E-state index in [2.05, 4.69) is 0 Å². The molecule has 0 saturated carbocycles. The van der Waals surface area contributed by atoms with E-state index < -0.39 is 0 Å². The summed E-state index contributed by atoms with van der Waals surface area (Å²) < 4.78 is 17.7. The zero-order valence-corrected chi connectivity index (χ0v) is 17.0. The first kappa shape index (κ1) is 19.4. The fourth-order valence-electron chi connectivity index (χ4n) is 3.36. The van der Waals surface area contributed by atoms with Gasteiger partial charge < -0.3 is 19.3 Å². The first-order chi connectivity index (χ1) is 14.7. The molecule has 1 N–H and O–H groups in total. The van der Waals surface area contributed by atoms with Crippen molar-refractivity contribution in [3.05, 3.63) is 72.8 Å². The number of phenolic OH excluding ortho intramolecular Hbond substituents is 1. The minimum atomic E-state index is -0.00822. The number of ether oxygens (including phenoxy) is 3. The zero-order chi connectivity index (χ0) is 21.1. The van der Waals surface area contributed by atoms with Crippen LogP contribution in [0.3, 0.4) is 0 Å². The number of rotatable bonds is 6. The third-order valence-corrected chi connectivity index (χ3v) is 4.89. The summed E-state index contributed by atoms with van der Waals surface area (Å²) in [5.41, 5.74) is 3.90. The van der Waals surface area contributed by atoms with Crippen molar-refractivity contribution in [3.8, 4) is 51.2 Å². The summed E-state index contributed by atoms with van der Waals surface area (Å²) in [6.07, 6.45) is 0. The summed E-state index contributed by atoms with van der Waals surface area (Å²) in [5, 5.41) is 15.7. The van der Waals surface area contributed by atoms with Crippen molar-refractivity contribution in [3.63, 3.8) is 0 Å². The van der Waals surface area contributed by atoms with Crippen molar-refractivity contribution < 1.29 is 19.3 Å². The van der Waals surface area contributed by atoms with Crippen molar-refractivity contribution >= 4 is 0 Å². The van der Waals surface area contributed by atoms with Crippen LogP contribution < -0.4 is 14.2 Å². The Morgan fingerprint density at radius 1 is 0.800 bits per heavy atom. The van der Waals surface area contributed by atoms with E-state index in [9.17, 15) is 5.11 Å². The van der Waals surface area contributed by atoms with Gasteiger partial charge in [-0.1, -0.05) is 30.3 Å². The second-order valence-electron chi connectivity index (χ2n) is 6.59. The van der Waals surface area contributed by atoms with Crippen LogP contribution in [0, 0.1) is 0 Å². The minimum absolute atomic E-state index is 0.00822. The lowest BCUT2D eigenvalue weighted by molar-refractivity contribution is 0.333. The minimum Gasteiger partial charge on any atom is -0.504 e. The Morgan fingerprint density at radius 2 is 1.53 bits per heavy atom. The molecule has 1 heterocycles. The lowest BCUT2D eigenvalue weighted by Crippen LogP contribution is -2.00. The number of benzene rings is 3. The van der Waals surface area contributed by atoms with Gasteiger partial charge in [0.1, 0.15) is 5.75 Å². The fraction of sp³-hybridized carbons (Fsp3) is 0.125. The van der Waals surface area contributed by atoms with E-state index in [1.165, 1.54) is 14.2 Å². The molecule has 0 unspecified atom stereocenters. The van der Waals surface area contributed by atoms with Gasteiger partial charge in [-0.25, -0.2) is 4.68 Å². The molecule has 0 amide bonds. The predicted octanol–water partition coefficient (Wildman–Crippen LogP) is 4.94. The van der Waals surface area contributed by atoms with Gasteiger partial charge in [0.2, 0.25) is 5.75 Å². The molecular formula is C24H22N2O4. The van der Waals surface area contributed by atoms with Gasteiger partial charge in [-0.3, -0.25) is 0 Å². The SMILES string of the molecule is COc1ccc(-n2nc(-c3ccccc3)cc2-c2ccc(OC)c(OC)c2O)cc1. The molecule has 6 heteroatoms. The van der Waals surface area contributed by atoms with Gasteiger partial charge in [0.05, 0.1) is 38.4 Å². The molecule has 0 atom stereocenters. The molecule has 1 aromatic heterocycles. The molecule has 0 bridgehead atoms. The van der Waals surface area contributed by atoms with Crippen LogP contribution in [0.15, 0.2) is 72.8 Å². The third kappa shape index (κ3) is 3.43. The van der Waals surface area contributed by atoms with Gasteiger partial charge in [0.15, 0.2) is 11.5 Å². The predicted molar refractivity (Wildman–Crippen MR) is 116 cm³/mol. The molecule has 30 heavy (non-hydrogen) atoms. The normalized spacial score (nSPS) is 10.6. The quantitative estimate of drug-likeness (QED) is 0.495. The van der Waals surface area contributed by atoms with Gasteiger partial charge in [0.25, 0.3) is 0 Å². The standard InChI is InChI=1S/C24H22N2O4/c1-28-18-11-9-17(10-12-18)26-21(15-20(25-26)16-7-5-4-6-8-16)19-13-14-22(29-2)24(30-3)23(19)27/h4-15,27H,1-3H3. The highest BCUT2D eigenvalue weighted by Crippen LogP contribution is 2.44. The van der Waals surface area contributed by atoms with E-state index in [1.54, 1.807) is 23.9 Å².